The van der Waals surface area contributed by atoms with Gasteiger partial charge in [-0.3, -0.25) is 0 Å². The van der Waals surface area contributed by atoms with Gasteiger partial charge in [0.05, 0.1) is 16.8 Å². The van der Waals surface area contributed by atoms with Crippen LogP contribution in [-0.4, -0.2) is 0 Å². The van der Waals surface area contributed by atoms with Crippen molar-refractivity contribution in [2.24, 2.45) is 0 Å². The molecule has 0 spiro atoms. The fraction of sp³-hybridized carbons (Fsp3) is 0. The maximum Gasteiger partial charge on any atom is 0.145 e. The van der Waals surface area contributed by atoms with Crippen LogP contribution in [0.5, 0.6) is 0 Å². The second-order valence-corrected chi connectivity index (χ2v) is 15.9. The molecule has 266 valence electrons. The van der Waals surface area contributed by atoms with Gasteiger partial charge >= 0.3 is 0 Å². The number of hydrogen-bond donors (Lipinski definition) is 0. The summed E-state index contributed by atoms with van der Waals surface area (Å²) in [4.78, 5) is 2.44. The van der Waals surface area contributed by atoms with E-state index in [2.05, 4.69) is 205 Å². The molecule has 0 amide bonds. The first-order valence-corrected chi connectivity index (χ1v) is 20.2. The molecule has 2 nitrogen and oxygen atoms in total. The maximum absolute atomic E-state index is 6.90. The van der Waals surface area contributed by atoms with E-state index in [1.807, 2.05) is 11.3 Å². The Bertz CT molecular complexity index is 3530. The lowest BCUT2D eigenvalue weighted by Gasteiger charge is -2.28. The summed E-state index contributed by atoms with van der Waals surface area (Å²) in [5.41, 5.74) is 9.66. The number of fused-ring (bicyclic) bond motifs is 10. The summed E-state index contributed by atoms with van der Waals surface area (Å²) in [5, 5.41) is 12.1. The summed E-state index contributed by atoms with van der Waals surface area (Å²) >= 11 is 1.86. The molecule has 0 unspecified atom stereocenters. The second kappa shape index (κ2) is 12.7. The summed E-state index contributed by atoms with van der Waals surface area (Å²) in [6, 6.07) is 72.7. The molecular weight excluding hydrogens is 711 g/mol. The molecule has 0 N–H and O–H groups in total. The Balaban J connectivity index is 1.10. The number of rotatable bonds is 5. The van der Waals surface area contributed by atoms with E-state index in [0.29, 0.717) is 0 Å². The summed E-state index contributed by atoms with van der Waals surface area (Å²) in [5.74, 6) is 0. The van der Waals surface area contributed by atoms with Gasteiger partial charge in [0.15, 0.2) is 0 Å². The van der Waals surface area contributed by atoms with E-state index in [-0.39, 0.29) is 0 Å². The standard InChI is InChI=1S/C54H33NOS/c1-3-14-39-35(11-1)13-9-18-42(39)46-31-32-49(53-47-17-5-7-21-50(47)56-54(46)53)55(48-20-10-19-41-40-15-4-2-12-36(40)25-29-43(41)48)38-27-23-34(24-28-38)37-26-30-45-44-16-6-8-22-51(44)57-52(45)33-37/h1-33H. The fourth-order valence-electron chi connectivity index (χ4n) is 9.00. The molecule has 12 aromatic rings. The van der Waals surface area contributed by atoms with Crippen molar-refractivity contribution in [2.75, 3.05) is 4.90 Å². The van der Waals surface area contributed by atoms with Gasteiger partial charge in [0.1, 0.15) is 11.2 Å². The monoisotopic (exact) mass is 743 g/mol. The van der Waals surface area contributed by atoms with Gasteiger partial charge in [0.25, 0.3) is 0 Å². The van der Waals surface area contributed by atoms with Crippen LogP contribution in [0.4, 0.5) is 17.1 Å². The first-order valence-electron chi connectivity index (χ1n) is 19.4. The van der Waals surface area contributed by atoms with Crippen LogP contribution in [0, 0.1) is 0 Å². The molecule has 0 aliphatic rings. The van der Waals surface area contributed by atoms with E-state index in [1.54, 1.807) is 0 Å². The molecule has 57 heavy (non-hydrogen) atoms. The Kier molecular flexibility index (Phi) is 7.13. The molecule has 3 heteroatoms. The van der Waals surface area contributed by atoms with Crippen LogP contribution >= 0.6 is 11.3 Å². The lowest BCUT2D eigenvalue weighted by atomic mass is 9.95. The summed E-state index contributed by atoms with van der Waals surface area (Å²) in [6.45, 7) is 0. The van der Waals surface area contributed by atoms with Crippen LogP contribution in [0.2, 0.25) is 0 Å². The maximum atomic E-state index is 6.90. The number of hydrogen-bond acceptors (Lipinski definition) is 3. The highest BCUT2D eigenvalue weighted by Crippen LogP contribution is 2.49. The first-order chi connectivity index (χ1) is 28.3. The van der Waals surface area contributed by atoms with Crippen LogP contribution in [0.1, 0.15) is 0 Å². The molecule has 0 saturated carbocycles. The summed E-state index contributed by atoms with van der Waals surface area (Å²) < 4.78 is 9.53. The van der Waals surface area contributed by atoms with Gasteiger partial charge in [-0.2, -0.15) is 0 Å². The van der Waals surface area contributed by atoms with Crippen molar-refractivity contribution in [3.8, 4) is 22.3 Å². The minimum atomic E-state index is 0.872. The molecule has 2 heterocycles. The number of benzene rings is 10. The molecule has 2 aromatic heterocycles. The SMILES string of the molecule is c1ccc2c(-c3ccc(N(c4ccc(-c5ccc6c(c5)sc5ccccc56)cc4)c4cccc5c4ccc4ccccc45)c4c3oc3ccccc34)cccc2c1. The van der Waals surface area contributed by atoms with Crippen molar-refractivity contribution >= 4 is 103 Å². The number of anilines is 3. The van der Waals surface area contributed by atoms with Gasteiger partial charge in [-0.25, -0.2) is 0 Å². The molecule has 0 saturated heterocycles. The van der Waals surface area contributed by atoms with Gasteiger partial charge in [-0.15, -0.1) is 11.3 Å². The third kappa shape index (κ3) is 5.03. The van der Waals surface area contributed by atoms with E-state index in [4.69, 9.17) is 4.42 Å². The predicted molar refractivity (Wildman–Crippen MR) is 245 cm³/mol. The van der Waals surface area contributed by atoms with E-state index < -0.39 is 0 Å². The zero-order valence-corrected chi connectivity index (χ0v) is 31.6. The number of furan rings is 1. The average Bonchev–Trinajstić information content (AvgIpc) is 3.85. The molecule has 0 aliphatic carbocycles. The highest BCUT2D eigenvalue weighted by atomic mass is 32.1. The van der Waals surface area contributed by atoms with Crippen molar-refractivity contribution in [1.82, 2.24) is 0 Å². The smallest absolute Gasteiger partial charge is 0.145 e. The van der Waals surface area contributed by atoms with Gasteiger partial charge < -0.3 is 9.32 Å². The molecule has 0 radical (unpaired) electrons. The molecule has 12 rings (SSSR count). The Labute approximate surface area is 333 Å². The topological polar surface area (TPSA) is 16.4 Å². The third-order valence-corrected chi connectivity index (χ3v) is 12.8. The predicted octanol–water partition coefficient (Wildman–Crippen LogP) is 16.2. The van der Waals surface area contributed by atoms with Gasteiger partial charge in [-0.05, 0) is 92.2 Å². The van der Waals surface area contributed by atoms with Crippen LogP contribution in [0.25, 0.3) is 96.7 Å². The van der Waals surface area contributed by atoms with Crippen molar-refractivity contribution < 1.29 is 4.42 Å². The number of para-hydroxylation sites is 1. The lowest BCUT2D eigenvalue weighted by molar-refractivity contribution is 0.670. The quantitative estimate of drug-likeness (QED) is 0.163. The minimum Gasteiger partial charge on any atom is -0.455 e. The lowest BCUT2D eigenvalue weighted by Crippen LogP contribution is -2.11. The van der Waals surface area contributed by atoms with Crippen LogP contribution in [-0.2, 0) is 0 Å². The normalized spacial score (nSPS) is 11.9. The van der Waals surface area contributed by atoms with E-state index in [9.17, 15) is 0 Å². The van der Waals surface area contributed by atoms with E-state index >= 15 is 0 Å². The fourth-order valence-corrected chi connectivity index (χ4v) is 10.1. The number of thiophene rings is 1. The van der Waals surface area contributed by atoms with Gasteiger partial charge in [0, 0.05) is 42.2 Å². The van der Waals surface area contributed by atoms with Crippen LogP contribution in [0.15, 0.2) is 205 Å². The summed E-state index contributed by atoms with van der Waals surface area (Å²) in [6.07, 6.45) is 0. The Morgan fingerprint density at radius 3 is 1.89 bits per heavy atom. The zero-order chi connectivity index (χ0) is 37.5. The van der Waals surface area contributed by atoms with Crippen molar-refractivity contribution in [1.29, 1.82) is 0 Å². The van der Waals surface area contributed by atoms with Crippen molar-refractivity contribution in [2.45, 2.75) is 0 Å². The minimum absolute atomic E-state index is 0.872. The van der Waals surface area contributed by atoms with E-state index in [1.165, 1.54) is 63.6 Å². The van der Waals surface area contributed by atoms with Crippen molar-refractivity contribution in [3.05, 3.63) is 200 Å². The molecule has 0 bridgehead atoms. The molecule has 0 aliphatic heterocycles. The number of nitrogens with zero attached hydrogens (tertiary/aromatic N) is 1. The molecule has 0 fully saturated rings. The average molecular weight is 744 g/mol. The highest BCUT2D eigenvalue weighted by Gasteiger charge is 2.24. The Morgan fingerprint density at radius 1 is 0.368 bits per heavy atom. The zero-order valence-electron chi connectivity index (χ0n) is 30.8. The molecule has 10 aromatic carbocycles. The van der Waals surface area contributed by atoms with Gasteiger partial charge in [-0.1, -0.05) is 152 Å². The molecular formula is C54H33NOS. The first kappa shape index (κ1) is 32.1. The van der Waals surface area contributed by atoms with Crippen molar-refractivity contribution in [3.63, 3.8) is 0 Å². The Hall–Kier alpha value is -7.20. The van der Waals surface area contributed by atoms with E-state index in [0.717, 1.165) is 50.1 Å². The highest BCUT2D eigenvalue weighted by molar-refractivity contribution is 7.25. The van der Waals surface area contributed by atoms with Crippen LogP contribution in [0.3, 0.4) is 0 Å². The second-order valence-electron chi connectivity index (χ2n) is 14.8. The van der Waals surface area contributed by atoms with Gasteiger partial charge in [0.2, 0.25) is 0 Å². The largest absolute Gasteiger partial charge is 0.455 e. The Morgan fingerprint density at radius 2 is 1.02 bits per heavy atom. The summed E-state index contributed by atoms with van der Waals surface area (Å²) in [7, 11) is 0. The molecule has 0 atom stereocenters. The third-order valence-electron chi connectivity index (χ3n) is 11.7. The van der Waals surface area contributed by atoms with Crippen LogP contribution < -0.4 is 4.90 Å².